The van der Waals surface area contributed by atoms with Crippen LogP contribution in [0.15, 0.2) is 48.9 Å². The van der Waals surface area contributed by atoms with Crippen LogP contribution in [0.4, 0.5) is 5.69 Å². The minimum absolute atomic E-state index is 0.0512. The van der Waals surface area contributed by atoms with E-state index in [2.05, 4.69) is 22.3 Å². The van der Waals surface area contributed by atoms with E-state index in [4.69, 9.17) is 0 Å². The van der Waals surface area contributed by atoms with Gasteiger partial charge in [-0.15, -0.1) is 0 Å². The Bertz CT molecular complexity index is 827. The van der Waals surface area contributed by atoms with Crippen molar-refractivity contribution in [3.05, 3.63) is 48.9 Å². The Kier molecular flexibility index (Phi) is 5.77. The number of benzene rings is 1. The smallest absolute Gasteiger partial charge is 0.224 e. The summed E-state index contributed by atoms with van der Waals surface area (Å²) in [6.07, 6.45) is 11.6. The summed E-state index contributed by atoms with van der Waals surface area (Å²) in [5.41, 5.74) is 2.49. The molecule has 130 valence electrons. The van der Waals surface area contributed by atoms with Crippen molar-refractivity contribution in [2.75, 3.05) is 5.32 Å². The molecular formula is C20H24N4O. The van der Waals surface area contributed by atoms with E-state index < -0.39 is 0 Å². The molecule has 0 aliphatic carbocycles. The van der Waals surface area contributed by atoms with Gasteiger partial charge >= 0.3 is 0 Å². The third-order valence-corrected chi connectivity index (χ3v) is 4.28. The monoisotopic (exact) mass is 336 g/mol. The van der Waals surface area contributed by atoms with Gasteiger partial charge in [0, 0.05) is 30.4 Å². The highest BCUT2D eigenvalue weighted by Gasteiger charge is 2.11. The normalized spacial score (nSPS) is 10.9. The van der Waals surface area contributed by atoms with Crippen LogP contribution in [0.3, 0.4) is 0 Å². The predicted molar refractivity (Wildman–Crippen MR) is 101 cm³/mol. The van der Waals surface area contributed by atoms with E-state index in [1.54, 1.807) is 12.4 Å². The van der Waals surface area contributed by atoms with Gasteiger partial charge in [-0.25, -0.2) is 4.68 Å². The van der Waals surface area contributed by atoms with Gasteiger partial charge in [-0.3, -0.25) is 9.78 Å². The summed E-state index contributed by atoms with van der Waals surface area (Å²) in [4.78, 5) is 16.7. The molecule has 2 aromatic heterocycles. The van der Waals surface area contributed by atoms with E-state index >= 15 is 0 Å². The molecule has 0 aliphatic heterocycles. The molecule has 3 aromatic rings. The number of hydrogen-bond donors (Lipinski definition) is 1. The zero-order valence-electron chi connectivity index (χ0n) is 14.6. The summed E-state index contributed by atoms with van der Waals surface area (Å²) in [5.74, 6) is 0.0512. The SMILES string of the molecule is CCCCCCCC(=O)Nc1ccc(-n2cccn2)c2cccnc12. The number of amides is 1. The van der Waals surface area contributed by atoms with Crippen molar-refractivity contribution < 1.29 is 4.79 Å². The Morgan fingerprint density at radius 1 is 1.08 bits per heavy atom. The van der Waals surface area contributed by atoms with Crippen molar-refractivity contribution >= 4 is 22.5 Å². The molecule has 1 N–H and O–H groups in total. The average molecular weight is 336 g/mol. The molecule has 25 heavy (non-hydrogen) atoms. The van der Waals surface area contributed by atoms with Gasteiger partial charge in [0.05, 0.1) is 16.9 Å². The van der Waals surface area contributed by atoms with E-state index in [0.29, 0.717) is 6.42 Å². The Balaban J connectivity index is 1.74. The van der Waals surface area contributed by atoms with Gasteiger partial charge in [0.2, 0.25) is 5.91 Å². The van der Waals surface area contributed by atoms with E-state index in [1.807, 2.05) is 41.2 Å². The van der Waals surface area contributed by atoms with E-state index in [1.165, 1.54) is 19.3 Å². The van der Waals surface area contributed by atoms with Gasteiger partial charge in [0.15, 0.2) is 0 Å². The van der Waals surface area contributed by atoms with E-state index in [-0.39, 0.29) is 5.91 Å². The number of hydrogen-bond acceptors (Lipinski definition) is 3. The highest BCUT2D eigenvalue weighted by Crippen LogP contribution is 2.27. The van der Waals surface area contributed by atoms with Gasteiger partial charge < -0.3 is 5.32 Å². The number of nitrogens with zero attached hydrogens (tertiary/aromatic N) is 3. The number of carbonyl (C=O) groups is 1. The fourth-order valence-electron chi connectivity index (χ4n) is 2.97. The highest BCUT2D eigenvalue weighted by atomic mass is 16.1. The Hall–Kier alpha value is -2.69. The molecule has 5 nitrogen and oxygen atoms in total. The molecule has 0 fully saturated rings. The molecule has 5 heteroatoms. The molecular weight excluding hydrogens is 312 g/mol. The molecule has 2 heterocycles. The van der Waals surface area contributed by atoms with Crippen LogP contribution >= 0.6 is 0 Å². The maximum Gasteiger partial charge on any atom is 0.224 e. The maximum atomic E-state index is 12.2. The summed E-state index contributed by atoms with van der Waals surface area (Å²) in [6.45, 7) is 2.19. The minimum atomic E-state index is 0.0512. The molecule has 0 aliphatic rings. The molecule has 0 atom stereocenters. The van der Waals surface area contributed by atoms with Crippen LogP contribution in [0, 0.1) is 0 Å². The van der Waals surface area contributed by atoms with Crippen molar-refractivity contribution in [3.63, 3.8) is 0 Å². The second-order valence-corrected chi connectivity index (χ2v) is 6.19. The number of anilines is 1. The van der Waals surface area contributed by atoms with Crippen LogP contribution in [-0.4, -0.2) is 20.7 Å². The lowest BCUT2D eigenvalue weighted by atomic mass is 10.1. The Labute approximate surface area is 148 Å². The first kappa shape index (κ1) is 17.1. The quantitative estimate of drug-likeness (QED) is 0.606. The van der Waals surface area contributed by atoms with Crippen molar-refractivity contribution in [2.45, 2.75) is 45.4 Å². The average Bonchev–Trinajstić information content (AvgIpc) is 3.16. The number of rotatable bonds is 8. The van der Waals surface area contributed by atoms with Gasteiger partial charge in [0.25, 0.3) is 0 Å². The number of aromatic nitrogens is 3. The van der Waals surface area contributed by atoms with Crippen molar-refractivity contribution in [1.29, 1.82) is 0 Å². The molecule has 0 radical (unpaired) electrons. The fourth-order valence-corrected chi connectivity index (χ4v) is 2.97. The molecule has 1 aromatic carbocycles. The molecule has 0 saturated heterocycles. The third kappa shape index (κ3) is 4.24. The first-order valence-corrected chi connectivity index (χ1v) is 8.97. The zero-order chi connectivity index (χ0) is 17.5. The zero-order valence-corrected chi connectivity index (χ0v) is 14.6. The number of unbranched alkanes of at least 4 members (excludes halogenated alkanes) is 4. The molecule has 0 saturated carbocycles. The van der Waals surface area contributed by atoms with Crippen molar-refractivity contribution in [2.24, 2.45) is 0 Å². The standard InChI is InChI=1S/C20H24N4O/c1-2-3-4-5-6-10-19(25)23-17-11-12-18(24-15-8-14-22-24)16-9-7-13-21-20(16)17/h7-9,11-15H,2-6,10H2,1H3,(H,23,25). The lowest BCUT2D eigenvalue weighted by Crippen LogP contribution is -2.12. The molecule has 0 spiro atoms. The molecule has 1 amide bonds. The third-order valence-electron chi connectivity index (χ3n) is 4.28. The lowest BCUT2D eigenvalue weighted by molar-refractivity contribution is -0.116. The Morgan fingerprint density at radius 2 is 1.96 bits per heavy atom. The summed E-state index contributed by atoms with van der Waals surface area (Å²) < 4.78 is 1.81. The van der Waals surface area contributed by atoms with Crippen LogP contribution < -0.4 is 5.32 Å². The van der Waals surface area contributed by atoms with Crippen LogP contribution in [0.5, 0.6) is 0 Å². The number of pyridine rings is 1. The van der Waals surface area contributed by atoms with Crippen LogP contribution in [0.25, 0.3) is 16.6 Å². The highest BCUT2D eigenvalue weighted by molar-refractivity contribution is 6.02. The van der Waals surface area contributed by atoms with Crippen LogP contribution in [0.1, 0.15) is 45.4 Å². The second kappa shape index (κ2) is 8.42. The van der Waals surface area contributed by atoms with Gasteiger partial charge in [0.1, 0.15) is 0 Å². The van der Waals surface area contributed by atoms with E-state index in [9.17, 15) is 4.79 Å². The maximum absolute atomic E-state index is 12.2. The largest absolute Gasteiger partial charge is 0.324 e. The van der Waals surface area contributed by atoms with Crippen LogP contribution in [-0.2, 0) is 4.79 Å². The van der Waals surface area contributed by atoms with Crippen molar-refractivity contribution in [1.82, 2.24) is 14.8 Å². The first-order chi connectivity index (χ1) is 12.3. The topological polar surface area (TPSA) is 59.8 Å². The van der Waals surface area contributed by atoms with Gasteiger partial charge in [-0.1, -0.05) is 32.6 Å². The second-order valence-electron chi connectivity index (χ2n) is 6.19. The first-order valence-electron chi connectivity index (χ1n) is 8.97. The molecule has 0 bridgehead atoms. The predicted octanol–water partition coefficient (Wildman–Crippen LogP) is 4.72. The number of fused-ring (bicyclic) bond motifs is 1. The van der Waals surface area contributed by atoms with Crippen LogP contribution in [0.2, 0.25) is 0 Å². The molecule has 3 rings (SSSR count). The van der Waals surface area contributed by atoms with Crippen molar-refractivity contribution in [3.8, 4) is 5.69 Å². The van der Waals surface area contributed by atoms with E-state index in [0.717, 1.165) is 35.1 Å². The Morgan fingerprint density at radius 3 is 2.76 bits per heavy atom. The lowest BCUT2D eigenvalue weighted by Gasteiger charge is -2.11. The number of carbonyl (C=O) groups excluding carboxylic acids is 1. The summed E-state index contributed by atoms with van der Waals surface area (Å²) in [6, 6.07) is 9.65. The summed E-state index contributed by atoms with van der Waals surface area (Å²) >= 11 is 0. The van der Waals surface area contributed by atoms with Gasteiger partial charge in [-0.2, -0.15) is 5.10 Å². The van der Waals surface area contributed by atoms with Gasteiger partial charge in [-0.05, 0) is 36.8 Å². The minimum Gasteiger partial charge on any atom is -0.324 e. The number of nitrogens with one attached hydrogen (secondary N) is 1. The summed E-state index contributed by atoms with van der Waals surface area (Å²) in [7, 11) is 0. The summed E-state index contributed by atoms with van der Waals surface area (Å²) in [5, 5.41) is 8.28. The molecule has 0 unspecified atom stereocenters. The fraction of sp³-hybridized carbons (Fsp3) is 0.350.